The largest absolute Gasteiger partial charge is 0.495 e. The van der Waals surface area contributed by atoms with Gasteiger partial charge < -0.3 is 14.8 Å². The molecule has 0 fully saturated rings. The van der Waals surface area contributed by atoms with Crippen LogP contribution in [0, 0.1) is 0 Å². The van der Waals surface area contributed by atoms with Crippen LogP contribution in [0.4, 0.5) is 11.4 Å². The van der Waals surface area contributed by atoms with Gasteiger partial charge in [0, 0.05) is 5.69 Å². The Morgan fingerprint density at radius 1 is 1.03 bits per heavy atom. The number of sulfonamides is 1. The van der Waals surface area contributed by atoms with Crippen LogP contribution in [-0.4, -0.2) is 34.2 Å². The van der Waals surface area contributed by atoms with Gasteiger partial charge in [0.15, 0.2) is 0 Å². The van der Waals surface area contributed by atoms with Gasteiger partial charge in [-0.15, -0.1) is 0 Å². The Hall–Kier alpha value is -3.23. The Balaban J connectivity index is 1.68. The minimum absolute atomic E-state index is 0.330. The van der Waals surface area contributed by atoms with E-state index in [1.807, 2.05) is 30.3 Å². The van der Waals surface area contributed by atoms with Gasteiger partial charge in [-0.25, -0.2) is 8.42 Å². The van der Waals surface area contributed by atoms with Gasteiger partial charge >= 0.3 is 0 Å². The van der Waals surface area contributed by atoms with E-state index >= 15 is 0 Å². The summed E-state index contributed by atoms with van der Waals surface area (Å²) >= 11 is 6.07. The normalized spacial score (nSPS) is 11.0. The zero-order valence-electron chi connectivity index (χ0n) is 17.6. The maximum absolute atomic E-state index is 12.5. The Morgan fingerprint density at radius 3 is 2.31 bits per heavy atom. The summed E-state index contributed by atoms with van der Waals surface area (Å²) in [5.41, 5.74) is 1.80. The third-order valence-electron chi connectivity index (χ3n) is 4.50. The molecule has 1 N–H and O–H groups in total. The summed E-state index contributed by atoms with van der Waals surface area (Å²) in [6.07, 6.45) is 1.05. The van der Waals surface area contributed by atoms with Crippen LogP contribution in [0.2, 0.25) is 5.02 Å². The zero-order valence-corrected chi connectivity index (χ0v) is 19.2. The van der Waals surface area contributed by atoms with Crippen LogP contribution < -0.4 is 19.1 Å². The topological polar surface area (TPSA) is 84.9 Å². The third-order valence-corrected chi connectivity index (χ3v) is 5.93. The minimum atomic E-state index is -3.71. The number of carbonyl (C=O) groups excluding carboxylic acids is 1. The van der Waals surface area contributed by atoms with E-state index in [-0.39, 0.29) is 0 Å². The second-order valence-electron chi connectivity index (χ2n) is 6.94. The van der Waals surface area contributed by atoms with Crippen molar-refractivity contribution in [3.05, 3.63) is 83.4 Å². The second-order valence-corrected chi connectivity index (χ2v) is 9.25. The summed E-state index contributed by atoms with van der Waals surface area (Å²) in [5, 5.41) is 2.98. The Bertz CT molecular complexity index is 1170. The Kier molecular flexibility index (Phi) is 7.61. The lowest BCUT2D eigenvalue weighted by Gasteiger charge is -2.22. The molecule has 0 aliphatic heterocycles. The standard InChI is InChI=1S/C23H23ClN2O5S/c1-30-22-13-8-18(14-21(22)24)25-23(27)15-26(32(2,28)29)19-9-11-20(12-10-19)31-16-17-6-4-3-5-7-17/h3-14H,15-16H2,1-2H3,(H,25,27). The van der Waals surface area contributed by atoms with Crippen molar-refractivity contribution >= 4 is 38.9 Å². The van der Waals surface area contributed by atoms with Gasteiger partial charge in [0.1, 0.15) is 24.7 Å². The average molecular weight is 475 g/mol. The number of benzene rings is 3. The molecule has 3 aromatic carbocycles. The van der Waals surface area contributed by atoms with Crippen molar-refractivity contribution in [2.75, 3.05) is 29.5 Å². The number of rotatable bonds is 9. The number of halogens is 1. The third kappa shape index (κ3) is 6.38. The van der Waals surface area contributed by atoms with Crippen LogP contribution in [0.15, 0.2) is 72.8 Å². The van der Waals surface area contributed by atoms with Crippen LogP contribution in [0.1, 0.15) is 5.56 Å². The first-order chi connectivity index (χ1) is 15.3. The van der Waals surface area contributed by atoms with Crippen LogP contribution >= 0.6 is 11.6 Å². The van der Waals surface area contributed by atoms with Gasteiger partial charge in [0.05, 0.1) is 24.1 Å². The van der Waals surface area contributed by atoms with E-state index in [9.17, 15) is 13.2 Å². The molecule has 0 unspecified atom stereocenters. The number of carbonyl (C=O) groups is 1. The SMILES string of the molecule is COc1ccc(NC(=O)CN(c2ccc(OCc3ccccc3)cc2)S(C)(=O)=O)cc1Cl. The van der Waals surface area contributed by atoms with E-state index in [1.54, 1.807) is 36.4 Å². The van der Waals surface area contributed by atoms with E-state index in [4.69, 9.17) is 21.1 Å². The monoisotopic (exact) mass is 474 g/mol. The fraction of sp³-hybridized carbons (Fsp3) is 0.174. The lowest BCUT2D eigenvalue weighted by Crippen LogP contribution is -2.37. The molecule has 0 atom stereocenters. The molecule has 9 heteroatoms. The summed E-state index contributed by atoms with van der Waals surface area (Å²) in [4.78, 5) is 12.5. The van der Waals surface area contributed by atoms with Gasteiger partial charge in [0.25, 0.3) is 0 Å². The molecule has 7 nitrogen and oxygen atoms in total. The molecule has 0 heterocycles. The summed E-state index contributed by atoms with van der Waals surface area (Å²) < 4.78 is 36.5. The molecule has 0 bridgehead atoms. The molecule has 3 aromatic rings. The summed E-state index contributed by atoms with van der Waals surface area (Å²) in [7, 11) is -2.22. The smallest absolute Gasteiger partial charge is 0.245 e. The molecular formula is C23H23ClN2O5S. The van der Waals surface area contributed by atoms with Crippen LogP contribution in [0.25, 0.3) is 0 Å². The highest BCUT2D eigenvalue weighted by Gasteiger charge is 2.21. The zero-order chi connectivity index (χ0) is 23.1. The average Bonchev–Trinajstić information content (AvgIpc) is 2.77. The Labute approximate surface area is 192 Å². The molecule has 168 valence electrons. The minimum Gasteiger partial charge on any atom is -0.495 e. The summed E-state index contributed by atoms with van der Waals surface area (Å²) in [6, 6.07) is 21.0. The molecular weight excluding hydrogens is 452 g/mol. The Morgan fingerprint density at radius 2 is 1.72 bits per heavy atom. The van der Waals surface area contributed by atoms with E-state index in [0.29, 0.717) is 34.5 Å². The first kappa shape index (κ1) is 23.4. The molecule has 0 saturated heterocycles. The molecule has 0 radical (unpaired) electrons. The predicted octanol–water partition coefficient (Wildman–Crippen LogP) is 4.33. The fourth-order valence-electron chi connectivity index (χ4n) is 2.92. The number of amides is 1. The van der Waals surface area contributed by atoms with Crippen LogP contribution in [0.3, 0.4) is 0 Å². The van der Waals surface area contributed by atoms with Gasteiger partial charge in [-0.05, 0) is 48.0 Å². The highest BCUT2D eigenvalue weighted by atomic mass is 35.5. The number of ether oxygens (including phenoxy) is 2. The van der Waals surface area contributed by atoms with Crippen molar-refractivity contribution in [3.8, 4) is 11.5 Å². The van der Waals surface area contributed by atoms with E-state index in [1.165, 1.54) is 13.2 Å². The van der Waals surface area contributed by atoms with Gasteiger partial charge in [0.2, 0.25) is 15.9 Å². The van der Waals surface area contributed by atoms with Crippen molar-refractivity contribution in [2.24, 2.45) is 0 Å². The number of hydrogen-bond donors (Lipinski definition) is 1. The summed E-state index contributed by atoms with van der Waals surface area (Å²) in [6.45, 7) is -0.00446. The lowest BCUT2D eigenvalue weighted by atomic mass is 10.2. The quantitative estimate of drug-likeness (QED) is 0.499. The summed E-state index contributed by atoms with van der Waals surface area (Å²) in [5.74, 6) is 0.543. The first-order valence-electron chi connectivity index (χ1n) is 9.64. The number of methoxy groups -OCH3 is 1. The highest BCUT2D eigenvalue weighted by Crippen LogP contribution is 2.27. The molecule has 0 aromatic heterocycles. The van der Waals surface area contributed by atoms with Gasteiger partial charge in [-0.3, -0.25) is 9.10 Å². The fourth-order valence-corrected chi connectivity index (χ4v) is 4.04. The molecule has 0 aliphatic carbocycles. The van der Waals surface area contributed by atoms with Gasteiger partial charge in [-0.2, -0.15) is 0 Å². The van der Waals surface area contributed by atoms with Crippen molar-refractivity contribution in [1.29, 1.82) is 0 Å². The molecule has 0 saturated carbocycles. The number of hydrogen-bond acceptors (Lipinski definition) is 5. The second kappa shape index (κ2) is 10.4. The highest BCUT2D eigenvalue weighted by molar-refractivity contribution is 7.92. The van der Waals surface area contributed by atoms with Crippen LogP contribution in [0.5, 0.6) is 11.5 Å². The van der Waals surface area contributed by atoms with Crippen molar-refractivity contribution < 1.29 is 22.7 Å². The molecule has 1 amide bonds. The predicted molar refractivity (Wildman–Crippen MR) is 126 cm³/mol. The van der Waals surface area contributed by atoms with Crippen molar-refractivity contribution in [3.63, 3.8) is 0 Å². The molecule has 0 aliphatic rings. The maximum atomic E-state index is 12.5. The van der Waals surface area contributed by atoms with E-state index in [2.05, 4.69) is 5.32 Å². The number of nitrogens with one attached hydrogen (secondary N) is 1. The van der Waals surface area contributed by atoms with E-state index < -0.39 is 22.5 Å². The molecule has 32 heavy (non-hydrogen) atoms. The van der Waals surface area contributed by atoms with Crippen molar-refractivity contribution in [1.82, 2.24) is 0 Å². The van der Waals surface area contributed by atoms with Crippen LogP contribution in [-0.2, 0) is 21.4 Å². The van der Waals surface area contributed by atoms with Crippen molar-refractivity contribution in [2.45, 2.75) is 6.61 Å². The van der Waals surface area contributed by atoms with Gasteiger partial charge in [-0.1, -0.05) is 41.9 Å². The lowest BCUT2D eigenvalue weighted by molar-refractivity contribution is -0.114. The first-order valence-corrected chi connectivity index (χ1v) is 11.9. The molecule has 0 spiro atoms. The number of anilines is 2. The van der Waals surface area contributed by atoms with E-state index in [0.717, 1.165) is 16.1 Å². The number of nitrogens with zero attached hydrogens (tertiary/aromatic N) is 1. The molecule has 3 rings (SSSR count). The maximum Gasteiger partial charge on any atom is 0.245 e.